The van der Waals surface area contributed by atoms with Crippen molar-refractivity contribution in [3.05, 3.63) is 28.1 Å². The number of pyridine rings is 1. The van der Waals surface area contributed by atoms with Gasteiger partial charge in [0, 0.05) is 6.54 Å². The van der Waals surface area contributed by atoms with Crippen LogP contribution in [0, 0.1) is 0 Å². The van der Waals surface area contributed by atoms with E-state index in [0.29, 0.717) is 25.1 Å². The molecule has 20 heavy (non-hydrogen) atoms. The lowest BCUT2D eigenvalue weighted by atomic mass is 9.92. The number of nitrogens with two attached hydrogens (primary N) is 1. The van der Waals surface area contributed by atoms with E-state index in [1.165, 1.54) is 0 Å². The van der Waals surface area contributed by atoms with Gasteiger partial charge in [0.1, 0.15) is 11.4 Å². The fourth-order valence-corrected chi connectivity index (χ4v) is 2.54. The second-order valence-electron chi connectivity index (χ2n) is 4.53. The largest absolute Gasteiger partial charge is 0.364 e. The van der Waals surface area contributed by atoms with E-state index < -0.39 is 5.91 Å². The Morgan fingerprint density at radius 1 is 0.950 bits per heavy atom. The molecule has 0 aliphatic heterocycles. The average molecular weight is 277 g/mol. The van der Waals surface area contributed by atoms with Crippen LogP contribution in [0.15, 0.2) is 0 Å². The van der Waals surface area contributed by atoms with Gasteiger partial charge in [0.15, 0.2) is 0 Å². The van der Waals surface area contributed by atoms with Crippen LogP contribution < -0.4 is 11.1 Å². The number of amides is 2. The van der Waals surface area contributed by atoms with Crippen LogP contribution in [-0.2, 0) is 19.3 Å². The minimum absolute atomic E-state index is 0.225. The number of aromatic nitrogens is 1. The normalized spacial score (nSPS) is 10.4. The molecule has 0 aliphatic carbocycles. The molecule has 5 heteroatoms. The van der Waals surface area contributed by atoms with E-state index in [1.54, 1.807) is 0 Å². The van der Waals surface area contributed by atoms with Crippen molar-refractivity contribution in [3.8, 4) is 0 Å². The van der Waals surface area contributed by atoms with Crippen LogP contribution in [0.1, 0.15) is 65.4 Å². The predicted molar refractivity (Wildman–Crippen MR) is 78.9 cm³/mol. The van der Waals surface area contributed by atoms with E-state index in [9.17, 15) is 9.59 Å². The molecule has 0 atom stereocenters. The van der Waals surface area contributed by atoms with Crippen molar-refractivity contribution in [2.24, 2.45) is 5.73 Å². The van der Waals surface area contributed by atoms with E-state index in [0.717, 1.165) is 23.1 Å². The summed E-state index contributed by atoms with van der Waals surface area (Å²) < 4.78 is 0. The number of nitrogens with one attached hydrogen (secondary N) is 1. The molecule has 0 radical (unpaired) electrons. The maximum atomic E-state index is 12.1. The van der Waals surface area contributed by atoms with E-state index in [2.05, 4.69) is 10.3 Å². The minimum atomic E-state index is -0.579. The third-order valence-electron chi connectivity index (χ3n) is 3.37. The topological polar surface area (TPSA) is 85.1 Å². The van der Waals surface area contributed by atoms with Crippen molar-refractivity contribution in [3.63, 3.8) is 0 Å². The second kappa shape index (κ2) is 7.03. The number of primary amides is 1. The summed E-state index contributed by atoms with van der Waals surface area (Å²) in [5, 5.41) is 2.74. The molecule has 0 spiro atoms. The van der Waals surface area contributed by atoms with Gasteiger partial charge in [0.2, 0.25) is 0 Å². The summed E-state index contributed by atoms with van der Waals surface area (Å²) in [6.07, 6.45) is 2.13. The van der Waals surface area contributed by atoms with Gasteiger partial charge < -0.3 is 11.1 Å². The molecule has 1 aromatic rings. The first-order valence-corrected chi connectivity index (χ1v) is 7.14. The quantitative estimate of drug-likeness (QED) is 0.828. The second-order valence-corrected chi connectivity index (χ2v) is 4.53. The number of nitrogens with zero attached hydrogens (tertiary/aromatic N) is 1. The van der Waals surface area contributed by atoms with Gasteiger partial charge in [-0.3, -0.25) is 9.59 Å². The van der Waals surface area contributed by atoms with Crippen LogP contribution in [-0.4, -0.2) is 23.3 Å². The Labute approximate surface area is 120 Å². The van der Waals surface area contributed by atoms with Gasteiger partial charge in [0.05, 0.1) is 0 Å². The molecule has 1 aromatic heterocycles. The molecular weight excluding hydrogens is 254 g/mol. The van der Waals surface area contributed by atoms with Crippen LogP contribution in [0.2, 0.25) is 0 Å². The summed E-state index contributed by atoms with van der Waals surface area (Å²) in [6, 6.07) is 0. The average Bonchev–Trinajstić information content (AvgIpc) is 2.44. The van der Waals surface area contributed by atoms with Crippen LogP contribution >= 0.6 is 0 Å². The van der Waals surface area contributed by atoms with Gasteiger partial charge in [-0.1, -0.05) is 20.8 Å². The van der Waals surface area contributed by atoms with Gasteiger partial charge in [-0.05, 0) is 42.9 Å². The Hall–Kier alpha value is -1.91. The Morgan fingerprint density at radius 2 is 1.45 bits per heavy atom. The fraction of sp³-hybridized carbons (Fsp3) is 0.533. The Balaban J connectivity index is 3.63. The third-order valence-corrected chi connectivity index (χ3v) is 3.37. The summed E-state index contributed by atoms with van der Waals surface area (Å²) in [6.45, 7) is 8.34. The monoisotopic (exact) mass is 277 g/mol. The van der Waals surface area contributed by atoms with Gasteiger partial charge >= 0.3 is 0 Å². The summed E-state index contributed by atoms with van der Waals surface area (Å²) >= 11 is 0. The highest BCUT2D eigenvalue weighted by molar-refractivity contribution is 5.98. The minimum Gasteiger partial charge on any atom is -0.364 e. The number of carbonyl (C=O) groups is 2. The highest BCUT2D eigenvalue weighted by Crippen LogP contribution is 2.23. The molecule has 0 aromatic carbocycles. The van der Waals surface area contributed by atoms with E-state index in [1.807, 2.05) is 27.7 Å². The van der Waals surface area contributed by atoms with Gasteiger partial charge in [-0.15, -0.1) is 0 Å². The summed E-state index contributed by atoms with van der Waals surface area (Å²) in [4.78, 5) is 28.0. The summed E-state index contributed by atoms with van der Waals surface area (Å²) in [5.74, 6) is -0.825. The smallest absolute Gasteiger partial charge is 0.270 e. The number of rotatable bonds is 6. The first kappa shape index (κ1) is 16.1. The van der Waals surface area contributed by atoms with Crippen molar-refractivity contribution >= 4 is 11.8 Å². The highest BCUT2D eigenvalue weighted by Gasteiger charge is 2.22. The molecule has 0 saturated heterocycles. The lowest BCUT2D eigenvalue weighted by molar-refractivity contribution is 0.0949. The number of hydrogen-bond acceptors (Lipinski definition) is 3. The Morgan fingerprint density at radius 3 is 1.85 bits per heavy atom. The SMILES string of the molecule is CCNC(=O)c1nc(C(N)=O)c(CC)c(CC)c1CC. The van der Waals surface area contributed by atoms with Gasteiger partial charge in [0.25, 0.3) is 11.8 Å². The molecule has 0 unspecified atom stereocenters. The Kier molecular flexibility index (Phi) is 5.67. The molecule has 0 saturated carbocycles. The summed E-state index contributed by atoms with van der Waals surface area (Å²) in [7, 11) is 0. The van der Waals surface area contributed by atoms with Crippen LogP contribution in [0.4, 0.5) is 0 Å². The molecule has 110 valence electrons. The molecule has 0 aliphatic rings. The first-order valence-electron chi connectivity index (χ1n) is 7.14. The van der Waals surface area contributed by atoms with Gasteiger partial charge in [-0.2, -0.15) is 0 Å². The molecule has 3 N–H and O–H groups in total. The molecule has 1 heterocycles. The van der Waals surface area contributed by atoms with Gasteiger partial charge in [-0.25, -0.2) is 4.98 Å². The fourth-order valence-electron chi connectivity index (χ4n) is 2.54. The zero-order valence-corrected chi connectivity index (χ0v) is 12.7. The molecule has 5 nitrogen and oxygen atoms in total. The lowest BCUT2D eigenvalue weighted by Gasteiger charge is -2.18. The molecule has 1 rings (SSSR count). The standard InChI is InChI=1S/C15H23N3O2/c1-5-9-10(6-2)12(14(16)19)18-13(11(9)7-3)15(20)17-8-4/h5-8H2,1-4H3,(H2,16,19)(H,17,20). The van der Waals surface area contributed by atoms with Crippen LogP contribution in [0.3, 0.4) is 0 Å². The third kappa shape index (κ3) is 2.98. The number of carbonyl (C=O) groups excluding carboxylic acids is 2. The van der Waals surface area contributed by atoms with Crippen molar-refractivity contribution < 1.29 is 9.59 Å². The molecule has 2 amide bonds. The summed E-state index contributed by atoms with van der Waals surface area (Å²) in [5.41, 5.74) is 8.78. The van der Waals surface area contributed by atoms with Crippen molar-refractivity contribution in [2.45, 2.75) is 47.0 Å². The zero-order chi connectivity index (χ0) is 15.3. The zero-order valence-electron chi connectivity index (χ0n) is 12.7. The molecule has 0 bridgehead atoms. The lowest BCUT2D eigenvalue weighted by Crippen LogP contribution is -2.28. The first-order chi connectivity index (χ1) is 9.51. The predicted octanol–water partition coefficient (Wildman–Crippen LogP) is 1.62. The molecule has 0 fully saturated rings. The highest BCUT2D eigenvalue weighted by atomic mass is 16.2. The van der Waals surface area contributed by atoms with Crippen molar-refractivity contribution in [2.75, 3.05) is 6.54 Å². The molecular formula is C15H23N3O2. The van der Waals surface area contributed by atoms with Crippen LogP contribution in [0.5, 0.6) is 0 Å². The van der Waals surface area contributed by atoms with E-state index in [4.69, 9.17) is 5.73 Å². The van der Waals surface area contributed by atoms with Crippen molar-refractivity contribution in [1.82, 2.24) is 10.3 Å². The van der Waals surface area contributed by atoms with E-state index >= 15 is 0 Å². The Bertz CT molecular complexity index is 524. The number of hydrogen-bond donors (Lipinski definition) is 2. The maximum Gasteiger partial charge on any atom is 0.270 e. The van der Waals surface area contributed by atoms with E-state index in [-0.39, 0.29) is 11.6 Å². The van der Waals surface area contributed by atoms with Crippen molar-refractivity contribution in [1.29, 1.82) is 0 Å². The maximum absolute atomic E-state index is 12.1. The van der Waals surface area contributed by atoms with Crippen LogP contribution in [0.25, 0.3) is 0 Å².